The fourth-order valence-corrected chi connectivity index (χ4v) is 5.41. The van der Waals surface area contributed by atoms with Crippen molar-refractivity contribution in [3.05, 3.63) is 66.0 Å². The van der Waals surface area contributed by atoms with E-state index in [-0.39, 0.29) is 42.0 Å². The van der Waals surface area contributed by atoms with Gasteiger partial charge in [-0.1, -0.05) is 30.3 Å². The van der Waals surface area contributed by atoms with Crippen LogP contribution in [0.2, 0.25) is 0 Å². The Balaban J connectivity index is 1.64. The van der Waals surface area contributed by atoms with Gasteiger partial charge in [-0.05, 0) is 36.2 Å². The summed E-state index contributed by atoms with van der Waals surface area (Å²) < 4.78 is 13.2. The molecule has 2 N–H and O–H groups in total. The first-order valence-corrected chi connectivity index (χ1v) is 11.2. The summed E-state index contributed by atoms with van der Waals surface area (Å²) in [4.78, 5) is 41.2. The molecule has 2 saturated heterocycles. The molecule has 0 spiro atoms. The molecule has 7 nitrogen and oxygen atoms in total. The maximum absolute atomic E-state index is 13.2. The number of amides is 3. The topological polar surface area (TPSA) is 81.8 Å². The first-order valence-electron chi connectivity index (χ1n) is 11.2. The van der Waals surface area contributed by atoms with Gasteiger partial charge in [0.25, 0.3) is 0 Å². The largest absolute Gasteiger partial charge is 0.347 e. The van der Waals surface area contributed by atoms with Gasteiger partial charge in [0.05, 0.1) is 12.1 Å². The lowest BCUT2D eigenvalue weighted by atomic mass is 9.75. The van der Waals surface area contributed by atoms with Crippen molar-refractivity contribution in [1.82, 2.24) is 15.1 Å². The molecule has 0 aliphatic carbocycles. The average Bonchev–Trinajstić information content (AvgIpc) is 3.07. The molecule has 4 rings (SSSR count). The third-order valence-corrected chi connectivity index (χ3v) is 6.64. The summed E-state index contributed by atoms with van der Waals surface area (Å²) in [6.07, 6.45) is 0.718. The molecule has 0 unspecified atom stereocenters. The number of piperidine rings is 1. The number of hydrogen-bond donors (Lipinski definition) is 2. The molecule has 3 amide bonds. The Morgan fingerprint density at radius 3 is 2.36 bits per heavy atom. The smallest absolute Gasteiger partial charge is 0.238 e. The Morgan fingerprint density at radius 2 is 1.73 bits per heavy atom. The van der Waals surface area contributed by atoms with Crippen LogP contribution in [0.5, 0.6) is 0 Å². The van der Waals surface area contributed by atoms with E-state index in [1.54, 1.807) is 11.8 Å². The Labute approximate surface area is 192 Å². The number of benzene rings is 2. The third kappa shape index (κ3) is 4.90. The fourth-order valence-electron chi connectivity index (χ4n) is 5.41. The zero-order chi connectivity index (χ0) is 23.6. The van der Waals surface area contributed by atoms with Crippen LogP contribution in [0.25, 0.3) is 0 Å². The number of carbonyl (C=O) groups is 3. The van der Waals surface area contributed by atoms with Crippen molar-refractivity contribution in [3.63, 3.8) is 0 Å². The average molecular weight is 453 g/mol. The summed E-state index contributed by atoms with van der Waals surface area (Å²) in [5.41, 5.74) is 0.945. The van der Waals surface area contributed by atoms with Crippen LogP contribution in [-0.4, -0.2) is 59.2 Å². The van der Waals surface area contributed by atoms with E-state index < -0.39 is 5.54 Å². The standard InChI is InChI=1S/C25H29FN4O3/c1-17(31)28-25-15-29(18(2)32)13-12-22(25)24(19-6-4-3-5-7-19)30(16-25)14-23(33)27-21-10-8-20(26)9-11-21/h3-11,22,24H,12-16H2,1-2H3,(H,27,33)(H,28,31)/t22-,24-,25-/m1/s1. The highest BCUT2D eigenvalue weighted by Gasteiger charge is 2.56. The van der Waals surface area contributed by atoms with Crippen LogP contribution in [0.3, 0.4) is 0 Å². The minimum absolute atomic E-state index is 0.0260. The second kappa shape index (κ2) is 9.31. The SMILES string of the molecule is CC(=O)N[C@@]12CN(C(C)=O)CC[C@@H]1[C@@H](c1ccccc1)N(CC(=O)Nc1ccc(F)cc1)C2. The van der Waals surface area contributed by atoms with Gasteiger partial charge in [-0.2, -0.15) is 0 Å². The number of nitrogens with zero attached hydrogens (tertiary/aromatic N) is 2. The maximum atomic E-state index is 13.2. The van der Waals surface area contributed by atoms with Crippen molar-refractivity contribution in [2.24, 2.45) is 5.92 Å². The van der Waals surface area contributed by atoms with E-state index in [2.05, 4.69) is 15.5 Å². The number of halogens is 1. The normalized spacial score (nSPS) is 24.8. The highest BCUT2D eigenvalue weighted by atomic mass is 19.1. The molecule has 2 fully saturated rings. The van der Waals surface area contributed by atoms with Crippen molar-refractivity contribution < 1.29 is 18.8 Å². The second-order valence-electron chi connectivity index (χ2n) is 8.99. The first-order chi connectivity index (χ1) is 15.8. The third-order valence-electron chi connectivity index (χ3n) is 6.64. The molecule has 0 aromatic heterocycles. The zero-order valence-corrected chi connectivity index (χ0v) is 18.9. The van der Waals surface area contributed by atoms with Crippen LogP contribution < -0.4 is 10.6 Å². The van der Waals surface area contributed by atoms with Crippen molar-refractivity contribution in [3.8, 4) is 0 Å². The Kier molecular flexibility index (Phi) is 6.47. The van der Waals surface area contributed by atoms with Crippen LogP contribution in [0.15, 0.2) is 54.6 Å². The van der Waals surface area contributed by atoms with Gasteiger partial charge in [0.15, 0.2) is 0 Å². The molecular weight excluding hydrogens is 423 g/mol. The van der Waals surface area contributed by atoms with E-state index in [1.165, 1.54) is 31.2 Å². The van der Waals surface area contributed by atoms with Crippen LogP contribution >= 0.6 is 0 Å². The van der Waals surface area contributed by atoms with Gasteiger partial charge in [0, 0.05) is 51.1 Å². The number of hydrogen-bond acceptors (Lipinski definition) is 4. The molecule has 0 bridgehead atoms. The highest BCUT2D eigenvalue weighted by molar-refractivity contribution is 5.92. The van der Waals surface area contributed by atoms with E-state index in [9.17, 15) is 18.8 Å². The zero-order valence-electron chi connectivity index (χ0n) is 18.9. The van der Waals surface area contributed by atoms with Gasteiger partial charge in [-0.15, -0.1) is 0 Å². The van der Waals surface area contributed by atoms with E-state index in [0.717, 1.165) is 12.0 Å². The molecule has 2 aliphatic rings. The number of fused-ring (bicyclic) bond motifs is 1. The Hall–Kier alpha value is -3.26. The number of carbonyl (C=O) groups excluding carboxylic acids is 3. The van der Waals surface area contributed by atoms with Crippen molar-refractivity contribution in [2.75, 3.05) is 31.5 Å². The van der Waals surface area contributed by atoms with E-state index >= 15 is 0 Å². The first kappa shape index (κ1) is 22.9. The van der Waals surface area contributed by atoms with E-state index in [1.807, 2.05) is 30.3 Å². The summed E-state index contributed by atoms with van der Waals surface area (Å²) in [6.45, 7) is 4.60. The molecule has 33 heavy (non-hydrogen) atoms. The lowest BCUT2D eigenvalue weighted by Crippen LogP contribution is -2.64. The molecule has 3 atom stereocenters. The quantitative estimate of drug-likeness (QED) is 0.731. The summed E-state index contributed by atoms with van der Waals surface area (Å²) >= 11 is 0. The predicted octanol–water partition coefficient (Wildman–Crippen LogP) is 2.56. The molecule has 2 aliphatic heterocycles. The van der Waals surface area contributed by atoms with E-state index in [4.69, 9.17) is 0 Å². The summed E-state index contributed by atoms with van der Waals surface area (Å²) in [5.74, 6) is -0.731. The van der Waals surface area contributed by atoms with Crippen molar-refractivity contribution >= 4 is 23.4 Å². The fraction of sp³-hybridized carbons (Fsp3) is 0.400. The summed E-state index contributed by atoms with van der Waals surface area (Å²) in [6, 6.07) is 15.5. The molecule has 0 saturated carbocycles. The maximum Gasteiger partial charge on any atom is 0.238 e. The van der Waals surface area contributed by atoms with Crippen molar-refractivity contribution in [2.45, 2.75) is 31.8 Å². The Bertz CT molecular complexity index is 1030. The molecular formula is C25H29FN4O3. The summed E-state index contributed by atoms with van der Waals surface area (Å²) in [7, 11) is 0. The molecule has 2 heterocycles. The van der Waals surface area contributed by atoms with E-state index in [0.29, 0.717) is 25.3 Å². The van der Waals surface area contributed by atoms with Gasteiger partial charge < -0.3 is 15.5 Å². The molecule has 8 heteroatoms. The van der Waals surface area contributed by atoms with Crippen molar-refractivity contribution in [1.29, 1.82) is 0 Å². The number of nitrogens with one attached hydrogen (secondary N) is 2. The minimum atomic E-state index is -0.646. The lowest BCUT2D eigenvalue weighted by Gasteiger charge is -2.45. The van der Waals surface area contributed by atoms with Gasteiger partial charge in [0.1, 0.15) is 5.82 Å². The number of likely N-dealkylation sites (tertiary alicyclic amines) is 2. The number of rotatable bonds is 5. The van der Waals surface area contributed by atoms with Crippen LogP contribution in [0.1, 0.15) is 31.9 Å². The van der Waals surface area contributed by atoms with Gasteiger partial charge in [-0.25, -0.2) is 4.39 Å². The van der Waals surface area contributed by atoms with Crippen LogP contribution in [0, 0.1) is 11.7 Å². The number of anilines is 1. The van der Waals surface area contributed by atoms with Crippen LogP contribution in [-0.2, 0) is 14.4 Å². The predicted molar refractivity (Wildman–Crippen MR) is 123 cm³/mol. The molecule has 0 radical (unpaired) electrons. The van der Waals surface area contributed by atoms with Gasteiger partial charge >= 0.3 is 0 Å². The monoisotopic (exact) mass is 452 g/mol. The second-order valence-corrected chi connectivity index (χ2v) is 8.99. The highest BCUT2D eigenvalue weighted by Crippen LogP contribution is 2.47. The minimum Gasteiger partial charge on any atom is -0.347 e. The lowest BCUT2D eigenvalue weighted by molar-refractivity contribution is -0.134. The van der Waals surface area contributed by atoms with Gasteiger partial charge in [-0.3, -0.25) is 19.3 Å². The van der Waals surface area contributed by atoms with Crippen LogP contribution in [0.4, 0.5) is 10.1 Å². The molecule has 2 aromatic carbocycles. The summed E-state index contributed by atoms with van der Waals surface area (Å²) in [5, 5.41) is 5.98. The Morgan fingerprint density at radius 1 is 1.03 bits per heavy atom. The molecule has 174 valence electrons. The molecule has 2 aromatic rings. The van der Waals surface area contributed by atoms with Gasteiger partial charge in [0.2, 0.25) is 17.7 Å².